The lowest BCUT2D eigenvalue weighted by atomic mass is 9.61. The number of carbonyl (C=O) groups is 1. The summed E-state index contributed by atoms with van der Waals surface area (Å²) in [7, 11) is 0. The average Bonchev–Trinajstić information content (AvgIpc) is 3.12. The molecule has 0 spiro atoms. The second-order valence-electron chi connectivity index (χ2n) is 10.1. The van der Waals surface area contributed by atoms with Crippen LogP contribution in [0.15, 0.2) is 41.6 Å². The molecule has 152 valence electrons. The number of Topliss-reactive ketones (excluding diaryl/α,β-unsaturated/α-hetero) is 1. The number of rotatable bonds is 2. The fourth-order valence-electron chi connectivity index (χ4n) is 5.97. The smallest absolute Gasteiger partial charge is 0.162 e. The van der Waals surface area contributed by atoms with E-state index in [1.165, 1.54) is 48.9 Å². The second kappa shape index (κ2) is 6.58. The first-order valence-electron chi connectivity index (χ1n) is 11.1. The van der Waals surface area contributed by atoms with Gasteiger partial charge in [-0.25, -0.2) is 0 Å². The molecule has 2 N–H and O–H groups in total. The van der Waals surface area contributed by atoms with Crippen molar-refractivity contribution in [1.29, 1.82) is 0 Å². The Hall–Kier alpha value is -2.36. The Balaban J connectivity index is 1.74. The fraction of sp³-hybridized carbons (Fsp3) is 0.520. The molecule has 2 aromatic rings. The maximum Gasteiger partial charge on any atom is 0.162 e. The predicted octanol–water partition coefficient (Wildman–Crippen LogP) is 5.83. The molecular weight excluding hydrogens is 358 g/mol. The molecule has 1 fully saturated rings. The number of allylic oxidation sites excluding steroid dienone is 2. The van der Waals surface area contributed by atoms with Crippen LogP contribution in [0, 0.1) is 5.41 Å². The molecule has 1 aromatic heterocycles. The largest absolute Gasteiger partial charge is 0.342 e. The number of anilines is 1. The number of H-pyrrole nitrogens is 1. The summed E-state index contributed by atoms with van der Waals surface area (Å²) in [5.41, 5.74) is 5.14. The molecule has 0 amide bonds. The minimum absolute atomic E-state index is 0.0273. The zero-order chi connectivity index (χ0) is 20.2. The van der Waals surface area contributed by atoms with Gasteiger partial charge in [-0.15, -0.1) is 0 Å². The first-order chi connectivity index (χ1) is 13.9. The normalized spacial score (nSPS) is 26.7. The number of aromatic nitrogens is 2. The molecule has 4 heteroatoms. The van der Waals surface area contributed by atoms with Crippen molar-refractivity contribution >= 4 is 11.6 Å². The van der Waals surface area contributed by atoms with E-state index in [1.54, 1.807) is 0 Å². The molecule has 5 rings (SSSR count). The molecule has 1 saturated carbocycles. The number of fused-ring (bicyclic) bond motifs is 1. The zero-order valence-corrected chi connectivity index (χ0v) is 17.8. The van der Waals surface area contributed by atoms with Crippen LogP contribution in [-0.2, 0) is 10.2 Å². The Morgan fingerprint density at radius 1 is 1.00 bits per heavy atom. The summed E-state index contributed by atoms with van der Waals surface area (Å²) < 4.78 is 0. The van der Waals surface area contributed by atoms with Gasteiger partial charge in [0.1, 0.15) is 0 Å². The van der Waals surface area contributed by atoms with Gasteiger partial charge >= 0.3 is 0 Å². The average molecular weight is 390 g/mol. The van der Waals surface area contributed by atoms with E-state index < -0.39 is 5.41 Å². The van der Waals surface area contributed by atoms with Crippen molar-refractivity contribution in [3.05, 3.63) is 58.4 Å². The summed E-state index contributed by atoms with van der Waals surface area (Å²) >= 11 is 0. The molecular formula is C25H31N3O. The molecule has 1 unspecified atom stereocenters. The van der Waals surface area contributed by atoms with Crippen LogP contribution in [0.3, 0.4) is 0 Å². The summed E-state index contributed by atoms with van der Waals surface area (Å²) in [6.07, 6.45) is 7.75. The number of ketones is 1. The van der Waals surface area contributed by atoms with Crippen molar-refractivity contribution in [2.24, 2.45) is 5.41 Å². The zero-order valence-electron chi connectivity index (χ0n) is 17.8. The number of nitrogens with one attached hydrogen (secondary N) is 2. The summed E-state index contributed by atoms with van der Waals surface area (Å²) in [5, 5.41) is 11.7. The molecule has 0 bridgehead atoms. The maximum absolute atomic E-state index is 13.5. The minimum Gasteiger partial charge on any atom is -0.342 e. The third kappa shape index (κ3) is 2.87. The van der Waals surface area contributed by atoms with Gasteiger partial charge < -0.3 is 5.32 Å². The first kappa shape index (κ1) is 18.7. The van der Waals surface area contributed by atoms with Crippen molar-refractivity contribution in [1.82, 2.24) is 10.2 Å². The highest BCUT2D eigenvalue weighted by molar-refractivity contribution is 6.03. The molecule has 4 nitrogen and oxygen atoms in total. The highest BCUT2D eigenvalue weighted by Gasteiger charge is 2.50. The maximum atomic E-state index is 13.5. The topological polar surface area (TPSA) is 57.8 Å². The molecule has 2 heterocycles. The van der Waals surface area contributed by atoms with Crippen molar-refractivity contribution in [2.45, 2.75) is 77.0 Å². The molecule has 2 aliphatic carbocycles. The summed E-state index contributed by atoms with van der Waals surface area (Å²) in [6, 6.07) is 10.6. The van der Waals surface area contributed by atoms with E-state index in [4.69, 9.17) is 5.10 Å². The standard InChI is InChI=1S/C25H31N3O/c1-24(2)14-18-20(19(29)15-24)25(3,17-12-8-5-9-13-17)21-22(27-28-23(21)26-18)16-10-6-4-7-11-16/h5,8-9,12-13,16H,4,6-7,10-11,14-15H2,1-3H3,(H2,26,27,28). The summed E-state index contributed by atoms with van der Waals surface area (Å²) in [5.74, 6) is 1.69. The molecule has 0 radical (unpaired) electrons. The SMILES string of the molecule is CC1(C)CC(=O)C2=C(C1)Nc1n[nH]c(C3CCCCC3)c1C2(C)c1ccccc1. The number of benzene rings is 1. The summed E-state index contributed by atoms with van der Waals surface area (Å²) in [4.78, 5) is 13.5. The van der Waals surface area contributed by atoms with Gasteiger partial charge in [-0.05, 0) is 37.2 Å². The molecule has 1 aromatic carbocycles. The van der Waals surface area contributed by atoms with E-state index in [9.17, 15) is 4.79 Å². The van der Waals surface area contributed by atoms with E-state index >= 15 is 0 Å². The Labute approximate surface area is 173 Å². The van der Waals surface area contributed by atoms with Crippen molar-refractivity contribution in [3.63, 3.8) is 0 Å². The lowest BCUT2D eigenvalue weighted by Gasteiger charge is -2.44. The number of carbonyl (C=O) groups excluding carboxylic acids is 1. The fourth-order valence-corrected chi connectivity index (χ4v) is 5.97. The first-order valence-corrected chi connectivity index (χ1v) is 11.1. The van der Waals surface area contributed by atoms with Crippen LogP contribution in [0.5, 0.6) is 0 Å². The number of aromatic amines is 1. The van der Waals surface area contributed by atoms with Crippen LogP contribution < -0.4 is 5.32 Å². The molecule has 3 aliphatic rings. The van der Waals surface area contributed by atoms with Crippen LogP contribution in [0.2, 0.25) is 0 Å². The minimum atomic E-state index is -0.468. The van der Waals surface area contributed by atoms with Crippen LogP contribution in [0.1, 0.15) is 88.5 Å². The Kier molecular flexibility index (Phi) is 4.23. The van der Waals surface area contributed by atoms with E-state index in [1.807, 2.05) is 6.07 Å². The van der Waals surface area contributed by atoms with E-state index in [0.29, 0.717) is 12.3 Å². The van der Waals surface area contributed by atoms with Crippen molar-refractivity contribution < 1.29 is 4.79 Å². The van der Waals surface area contributed by atoms with Gasteiger partial charge in [-0.1, -0.05) is 63.4 Å². The van der Waals surface area contributed by atoms with Crippen molar-refractivity contribution in [2.75, 3.05) is 5.32 Å². The van der Waals surface area contributed by atoms with Gasteiger partial charge in [0.05, 0.1) is 5.41 Å². The molecule has 29 heavy (non-hydrogen) atoms. The Morgan fingerprint density at radius 2 is 1.72 bits per heavy atom. The third-order valence-corrected chi connectivity index (χ3v) is 7.30. The predicted molar refractivity (Wildman–Crippen MR) is 116 cm³/mol. The third-order valence-electron chi connectivity index (χ3n) is 7.30. The van der Waals surface area contributed by atoms with Gasteiger partial charge in [0.2, 0.25) is 0 Å². The molecule has 1 aliphatic heterocycles. The number of hydrogen-bond acceptors (Lipinski definition) is 3. The second-order valence-corrected chi connectivity index (χ2v) is 10.1. The Morgan fingerprint density at radius 3 is 2.45 bits per heavy atom. The Bertz CT molecular complexity index is 979. The van der Waals surface area contributed by atoms with Gasteiger partial charge in [-0.2, -0.15) is 5.10 Å². The quantitative estimate of drug-likeness (QED) is 0.679. The van der Waals surface area contributed by atoms with E-state index in [0.717, 1.165) is 23.5 Å². The van der Waals surface area contributed by atoms with Gasteiger partial charge in [-0.3, -0.25) is 9.89 Å². The highest BCUT2D eigenvalue weighted by Crippen LogP contribution is 2.54. The van der Waals surface area contributed by atoms with Crippen molar-refractivity contribution in [3.8, 4) is 0 Å². The van der Waals surface area contributed by atoms with Crippen LogP contribution in [0.25, 0.3) is 0 Å². The van der Waals surface area contributed by atoms with Crippen LogP contribution in [-0.4, -0.2) is 16.0 Å². The highest BCUT2D eigenvalue weighted by atomic mass is 16.1. The van der Waals surface area contributed by atoms with Crippen LogP contribution in [0.4, 0.5) is 5.82 Å². The number of hydrogen-bond donors (Lipinski definition) is 2. The van der Waals surface area contributed by atoms with Gasteiger partial charge in [0, 0.05) is 34.9 Å². The van der Waals surface area contributed by atoms with E-state index in [-0.39, 0.29) is 11.2 Å². The van der Waals surface area contributed by atoms with Gasteiger partial charge in [0.15, 0.2) is 11.6 Å². The molecule has 1 atom stereocenters. The summed E-state index contributed by atoms with van der Waals surface area (Å²) in [6.45, 7) is 6.61. The molecule has 0 saturated heterocycles. The van der Waals surface area contributed by atoms with E-state index in [2.05, 4.69) is 55.5 Å². The lowest BCUT2D eigenvalue weighted by molar-refractivity contribution is -0.118. The lowest BCUT2D eigenvalue weighted by Crippen LogP contribution is -2.42. The van der Waals surface area contributed by atoms with Crippen LogP contribution >= 0.6 is 0 Å². The number of nitrogens with zero attached hydrogens (tertiary/aromatic N) is 1. The monoisotopic (exact) mass is 389 g/mol. The van der Waals surface area contributed by atoms with Gasteiger partial charge in [0.25, 0.3) is 0 Å².